The summed E-state index contributed by atoms with van der Waals surface area (Å²) < 4.78 is 1.96. The number of hydrogen-bond donors (Lipinski definition) is 2. The smallest absolute Gasteiger partial charge is 0.325 e. The molecule has 0 aromatic carbocycles. The largest absolute Gasteiger partial charge is 0.480 e. The molecule has 0 aliphatic carbocycles. The molecule has 1 saturated heterocycles. The molecule has 6 heteroatoms. The second kappa shape index (κ2) is 5.30. The van der Waals surface area contributed by atoms with Crippen molar-refractivity contribution in [3.05, 3.63) is 18.0 Å². The van der Waals surface area contributed by atoms with Crippen LogP contribution in [0.25, 0.3) is 0 Å². The van der Waals surface area contributed by atoms with Crippen LogP contribution in [0.5, 0.6) is 0 Å². The van der Waals surface area contributed by atoms with Crippen molar-refractivity contribution in [3.8, 4) is 0 Å². The first kappa shape index (κ1) is 14.0. The summed E-state index contributed by atoms with van der Waals surface area (Å²) in [5, 5.41) is 13.6. The molecule has 0 spiro atoms. The van der Waals surface area contributed by atoms with Crippen LogP contribution in [0.1, 0.15) is 38.4 Å². The molecule has 0 saturated carbocycles. The van der Waals surface area contributed by atoms with Crippen molar-refractivity contribution in [2.24, 2.45) is 5.73 Å². The Bertz CT molecular complexity index is 459. The highest BCUT2D eigenvalue weighted by atomic mass is 16.4. The summed E-state index contributed by atoms with van der Waals surface area (Å²) in [7, 11) is 0. The average Bonchev–Trinajstić information content (AvgIpc) is 2.97. The lowest BCUT2D eigenvalue weighted by Gasteiger charge is -2.19. The average molecular weight is 266 g/mol. The molecule has 0 bridgehead atoms. The van der Waals surface area contributed by atoms with E-state index in [9.17, 15) is 4.79 Å². The highest BCUT2D eigenvalue weighted by Gasteiger charge is 2.41. The van der Waals surface area contributed by atoms with E-state index in [1.54, 1.807) is 0 Å². The Labute approximate surface area is 113 Å². The highest BCUT2D eigenvalue weighted by Crippen LogP contribution is 2.21. The second-order valence-electron chi connectivity index (χ2n) is 5.47. The van der Waals surface area contributed by atoms with Gasteiger partial charge in [0, 0.05) is 31.9 Å². The number of carbonyl (C=O) groups is 1. The van der Waals surface area contributed by atoms with E-state index in [-0.39, 0.29) is 0 Å². The van der Waals surface area contributed by atoms with Crippen LogP contribution in [0.15, 0.2) is 12.3 Å². The van der Waals surface area contributed by atoms with Crippen molar-refractivity contribution in [2.45, 2.75) is 44.8 Å². The zero-order valence-corrected chi connectivity index (χ0v) is 11.5. The number of hydrogen-bond acceptors (Lipinski definition) is 4. The zero-order valence-electron chi connectivity index (χ0n) is 11.5. The van der Waals surface area contributed by atoms with Gasteiger partial charge in [0.25, 0.3) is 0 Å². The van der Waals surface area contributed by atoms with Gasteiger partial charge < -0.3 is 10.8 Å². The van der Waals surface area contributed by atoms with Gasteiger partial charge in [0.05, 0.1) is 5.69 Å². The van der Waals surface area contributed by atoms with Crippen LogP contribution in [-0.4, -0.2) is 44.4 Å². The van der Waals surface area contributed by atoms with Crippen molar-refractivity contribution < 1.29 is 9.90 Å². The minimum Gasteiger partial charge on any atom is -0.480 e. The molecule has 2 atom stereocenters. The number of likely N-dealkylation sites (tertiary alicyclic amines) is 1. The summed E-state index contributed by atoms with van der Waals surface area (Å²) in [5.41, 5.74) is 5.72. The molecule has 2 unspecified atom stereocenters. The first-order valence-electron chi connectivity index (χ1n) is 6.73. The summed E-state index contributed by atoms with van der Waals surface area (Å²) >= 11 is 0. The first-order valence-corrected chi connectivity index (χ1v) is 6.73. The molecular formula is C13H22N4O2. The molecule has 106 valence electrons. The molecule has 2 heterocycles. The molecule has 1 fully saturated rings. The van der Waals surface area contributed by atoms with Crippen LogP contribution in [0.3, 0.4) is 0 Å². The maximum atomic E-state index is 11.1. The Kier molecular flexibility index (Phi) is 3.91. The lowest BCUT2D eigenvalue weighted by molar-refractivity contribution is -0.142. The van der Waals surface area contributed by atoms with Gasteiger partial charge in [-0.3, -0.25) is 14.4 Å². The van der Waals surface area contributed by atoms with Crippen LogP contribution in [-0.2, 0) is 11.3 Å². The lowest BCUT2D eigenvalue weighted by atomic mass is 10.0. The Balaban J connectivity index is 1.96. The van der Waals surface area contributed by atoms with Crippen LogP contribution in [0, 0.1) is 0 Å². The molecular weight excluding hydrogens is 244 g/mol. The molecule has 2 rings (SSSR count). The molecule has 3 N–H and O–H groups in total. The predicted octanol–water partition coefficient (Wildman–Crippen LogP) is 0.842. The maximum absolute atomic E-state index is 11.1. The van der Waals surface area contributed by atoms with E-state index in [1.807, 2.05) is 16.9 Å². The Morgan fingerprint density at radius 2 is 2.42 bits per heavy atom. The fourth-order valence-electron chi connectivity index (χ4n) is 2.35. The monoisotopic (exact) mass is 266 g/mol. The summed E-state index contributed by atoms with van der Waals surface area (Å²) in [4.78, 5) is 13.1. The van der Waals surface area contributed by atoms with Crippen LogP contribution < -0.4 is 5.73 Å². The van der Waals surface area contributed by atoms with Gasteiger partial charge in [-0.25, -0.2) is 0 Å². The number of carboxylic acid groups (broad SMARTS) is 1. The minimum absolute atomic E-state index is 0.387. The Hall–Kier alpha value is -1.40. The molecule has 1 aromatic rings. The highest BCUT2D eigenvalue weighted by molar-refractivity contribution is 5.79. The van der Waals surface area contributed by atoms with E-state index < -0.39 is 11.5 Å². The van der Waals surface area contributed by atoms with Gasteiger partial charge in [-0.15, -0.1) is 0 Å². The van der Waals surface area contributed by atoms with Gasteiger partial charge in [0.2, 0.25) is 0 Å². The fraction of sp³-hybridized carbons (Fsp3) is 0.692. The van der Waals surface area contributed by atoms with Crippen molar-refractivity contribution in [2.75, 3.05) is 13.1 Å². The topological polar surface area (TPSA) is 84.4 Å². The van der Waals surface area contributed by atoms with E-state index in [4.69, 9.17) is 10.8 Å². The molecule has 6 nitrogen and oxygen atoms in total. The van der Waals surface area contributed by atoms with Crippen molar-refractivity contribution in [1.29, 1.82) is 0 Å². The summed E-state index contributed by atoms with van der Waals surface area (Å²) in [6, 6.07) is 2.38. The summed E-state index contributed by atoms with van der Waals surface area (Å²) in [5.74, 6) is -0.917. The van der Waals surface area contributed by atoms with Crippen LogP contribution in [0.2, 0.25) is 0 Å². The van der Waals surface area contributed by atoms with E-state index in [0.29, 0.717) is 32.1 Å². The molecule has 1 aliphatic heterocycles. The van der Waals surface area contributed by atoms with E-state index in [2.05, 4.69) is 23.8 Å². The number of aliphatic carboxylic acids is 1. The van der Waals surface area contributed by atoms with Gasteiger partial charge in [-0.1, -0.05) is 6.92 Å². The number of nitrogens with two attached hydrogens (primary N) is 1. The Morgan fingerprint density at radius 3 is 3.00 bits per heavy atom. The third-order valence-electron chi connectivity index (χ3n) is 3.90. The van der Waals surface area contributed by atoms with Crippen LogP contribution in [0.4, 0.5) is 0 Å². The van der Waals surface area contributed by atoms with Crippen LogP contribution >= 0.6 is 0 Å². The van der Waals surface area contributed by atoms with Gasteiger partial charge in [-0.2, -0.15) is 5.10 Å². The zero-order chi connectivity index (χ0) is 14.0. The van der Waals surface area contributed by atoms with Gasteiger partial charge in [0.1, 0.15) is 5.54 Å². The number of nitrogens with zero attached hydrogens (tertiary/aromatic N) is 3. The summed E-state index contributed by atoms with van der Waals surface area (Å²) in [6.45, 7) is 6.01. The lowest BCUT2D eigenvalue weighted by Crippen LogP contribution is -2.50. The predicted molar refractivity (Wildman–Crippen MR) is 71.7 cm³/mol. The SMILES string of the molecule is CCC(C)n1ccc(CN2CCC(N)(C(=O)O)C2)n1. The quantitative estimate of drug-likeness (QED) is 0.825. The third-order valence-corrected chi connectivity index (χ3v) is 3.90. The van der Waals surface area contributed by atoms with Crippen molar-refractivity contribution in [3.63, 3.8) is 0 Å². The third kappa shape index (κ3) is 2.96. The standard InChI is InChI=1S/C13H22N4O2/c1-3-10(2)17-6-4-11(15-17)8-16-7-5-13(14,9-16)12(18)19/h4,6,10H,3,5,7-9,14H2,1-2H3,(H,18,19). The van der Waals surface area contributed by atoms with E-state index >= 15 is 0 Å². The Morgan fingerprint density at radius 1 is 1.68 bits per heavy atom. The number of aromatic nitrogens is 2. The first-order chi connectivity index (χ1) is 8.94. The normalized spacial score (nSPS) is 25.6. The fourth-order valence-corrected chi connectivity index (χ4v) is 2.35. The van der Waals surface area contributed by atoms with E-state index in [1.165, 1.54) is 0 Å². The molecule has 19 heavy (non-hydrogen) atoms. The van der Waals surface area contributed by atoms with E-state index in [0.717, 1.165) is 12.1 Å². The minimum atomic E-state index is -1.10. The number of carboxylic acids is 1. The van der Waals surface area contributed by atoms with Gasteiger partial charge in [-0.05, 0) is 25.8 Å². The van der Waals surface area contributed by atoms with Gasteiger partial charge in [0.15, 0.2) is 0 Å². The molecule has 1 aliphatic rings. The molecule has 0 amide bonds. The second-order valence-corrected chi connectivity index (χ2v) is 5.47. The molecule has 0 radical (unpaired) electrons. The van der Waals surface area contributed by atoms with Crippen molar-refractivity contribution >= 4 is 5.97 Å². The van der Waals surface area contributed by atoms with Crippen molar-refractivity contribution in [1.82, 2.24) is 14.7 Å². The van der Waals surface area contributed by atoms with Gasteiger partial charge >= 0.3 is 5.97 Å². The maximum Gasteiger partial charge on any atom is 0.325 e. The molecule has 1 aromatic heterocycles. The number of rotatable bonds is 5. The summed E-state index contributed by atoms with van der Waals surface area (Å²) in [6.07, 6.45) is 3.51.